The number of aromatic nitrogens is 4. The van der Waals surface area contributed by atoms with Gasteiger partial charge in [-0.25, -0.2) is 9.97 Å². The lowest BCUT2D eigenvalue weighted by atomic mass is 10.0. The molecular formula is C28H25Cl2N7O5. The molecule has 0 saturated carbocycles. The molecule has 42 heavy (non-hydrogen) atoms. The molecule has 0 radical (unpaired) electrons. The Hall–Kier alpha value is -4.55. The van der Waals surface area contributed by atoms with Gasteiger partial charge in [-0.15, -0.1) is 0 Å². The van der Waals surface area contributed by atoms with Crippen LogP contribution in [-0.2, 0) is 0 Å². The maximum Gasteiger partial charge on any atom is 0.298 e. The molecule has 3 aromatic heterocycles. The lowest BCUT2D eigenvalue weighted by Crippen LogP contribution is -2.18. The van der Waals surface area contributed by atoms with Crippen molar-refractivity contribution >= 4 is 62.9 Å². The van der Waals surface area contributed by atoms with Gasteiger partial charge in [0.05, 0.1) is 36.3 Å². The Kier molecular flexibility index (Phi) is 7.25. The quantitative estimate of drug-likeness (QED) is 0.153. The van der Waals surface area contributed by atoms with Crippen molar-refractivity contribution in [3.05, 3.63) is 63.0 Å². The van der Waals surface area contributed by atoms with Crippen LogP contribution in [0.2, 0.25) is 10.0 Å². The van der Waals surface area contributed by atoms with Gasteiger partial charge < -0.3 is 24.4 Å². The van der Waals surface area contributed by atoms with Crippen molar-refractivity contribution in [2.24, 2.45) is 0 Å². The summed E-state index contributed by atoms with van der Waals surface area (Å²) in [7, 11) is 4.48. The third kappa shape index (κ3) is 4.62. The van der Waals surface area contributed by atoms with Gasteiger partial charge >= 0.3 is 0 Å². The zero-order valence-corrected chi connectivity index (χ0v) is 24.4. The molecule has 0 bridgehead atoms. The van der Waals surface area contributed by atoms with Crippen LogP contribution in [-0.4, -0.2) is 58.7 Å². The summed E-state index contributed by atoms with van der Waals surface area (Å²) in [6.45, 7) is 1.67. The first-order valence-electron chi connectivity index (χ1n) is 13.0. The Morgan fingerprint density at radius 3 is 2.26 bits per heavy atom. The third-order valence-corrected chi connectivity index (χ3v) is 7.99. The number of hydrogen-bond acceptors (Lipinski definition) is 10. The predicted octanol–water partition coefficient (Wildman–Crippen LogP) is 6.53. The highest BCUT2D eigenvalue weighted by Crippen LogP contribution is 2.47. The van der Waals surface area contributed by atoms with Crippen molar-refractivity contribution in [3.63, 3.8) is 0 Å². The summed E-state index contributed by atoms with van der Waals surface area (Å²) < 4.78 is 18.2. The fraction of sp³-hybridized carbons (Fsp3) is 0.250. The van der Waals surface area contributed by atoms with Crippen molar-refractivity contribution in [3.8, 4) is 28.4 Å². The van der Waals surface area contributed by atoms with Crippen molar-refractivity contribution in [2.45, 2.75) is 12.8 Å². The first-order chi connectivity index (χ1) is 20.3. The molecule has 1 aliphatic heterocycles. The molecule has 6 rings (SSSR count). The predicted molar refractivity (Wildman–Crippen MR) is 161 cm³/mol. The van der Waals surface area contributed by atoms with Gasteiger partial charge in [0.15, 0.2) is 17.1 Å². The van der Waals surface area contributed by atoms with E-state index in [1.165, 1.54) is 21.3 Å². The Bertz CT molecular complexity index is 1830. The molecule has 1 aliphatic rings. The molecule has 0 atom stereocenters. The van der Waals surface area contributed by atoms with Crippen LogP contribution in [0.4, 0.5) is 23.0 Å². The topological polar surface area (TPSA) is 129 Å². The van der Waals surface area contributed by atoms with Crippen LogP contribution in [0.25, 0.3) is 27.8 Å². The molecule has 0 spiro atoms. The van der Waals surface area contributed by atoms with E-state index >= 15 is 0 Å². The second-order valence-corrected chi connectivity index (χ2v) is 10.3. The molecule has 14 heteroatoms. The molecule has 0 unspecified atom stereocenters. The van der Waals surface area contributed by atoms with Crippen molar-refractivity contribution in [2.75, 3.05) is 44.6 Å². The minimum Gasteiger partial charge on any atom is -0.495 e. The number of pyridine rings is 1. The highest BCUT2D eigenvalue weighted by molar-refractivity contribution is 6.41. The Labute approximate surface area is 249 Å². The highest BCUT2D eigenvalue weighted by atomic mass is 35.5. The van der Waals surface area contributed by atoms with Gasteiger partial charge in [0.1, 0.15) is 17.1 Å². The summed E-state index contributed by atoms with van der Waals surface area (Å²) in [6, 6.07) is 6.77. The fourth-order valence-electron chi connectivity index (χ4n) is 5.22. The van der Waals surface area contributed by atoms with Gasteiger partial charge in [-0.2, -0.15) is 4.98 Å². The summed E-state index contributed by atoms with van der Waals surface area (Å²) in [5.41, 5.74) is 2.86. The minimum atomic E-state index is -0.443. The number of hydrogen-bond donors (Lipinski definition) is 1. The standard InChI is InChI=1S/C28H25Cl2N7O5/c1-40-19-13-20(41-2)24(30)22(23(19)29)17-10-15-14-32-28(34-26(15)36-9-6-31-27(17)36)33-25-18(37(38)39)11-16(12-21(25)42-3)35-7-4-5-8-35/h6,9-14H,4-5,7-8H2,1-3H3,(H,32,33,34). The fourth-order valence-corrected chi connectivity index (χ4v) is 5.93. The van der Waals surface area contributed by atoms with Crippen molar-refractivity contribution in [1.82, 2.24) is 19.4 Å². The van der Waals surface area contributed by atoms with E-state index in [2.05, 4.69) is 20.2 Å². The van der Waals surface area contributed by atoms with E-state index in [-0.39, 0.29) is 17.3 Å². The number of nitrogens with zero attached hydrogens (tertiary/aromatic N) is 6. The molecule has 1 fully saturated rings. The molecule has 2 aromatic carbocycles. The minimum absolute atomic E-state index is 0.139. The maximum absolute atomic E-state index is 12.1. The van der Waals surface area contributed by atoms with Gasteiger partial charge in [-0.05, 0) is 18.9 Å². The molecule has 1 N–H and O–H groups in total. The third-order valence-electron chi connectivity index (χ3n) is 7.24. The number of benzene rings is 2. The van der Waals surface area contributed by atoms with Crippen LogP contribution in [0.1, 0.15) is 12.8 Å². The average Bonchev–Trinajstić information content (AvgIpc) is 3.71. The van der Waals surface area contributed by atoms with Crippen LogP contribution >= 0.6 is 23.2 Å². The first kappa shape index (κ1) is 27.6. The molecule has 5 aromatic rings. The van der Waals surface area contributed by atoms with Gasteiger partial charge in [-0.3, -0.25) is 14.5 Å². The smallest absolute Gasteiger partial charge is 0.298 e. The lowest BCUT2D eigenvalue weighted by molar-refractivity contribution is -0.383. The molecule has 4 heterocycles. The van der Waals surface area contributed by atoms with E-state index in [0.29, 0.717) is 55.1 Å². The summed E-state index contributed by atoms with van der Waals surface area (Å²) in [4.78, 5) is 27.5. The van der Waals surface area contributed by atoms with E-state index in [4.69, 9.17) is 42.4 Å². The lowest BCUT2D eigenvalue weighted by Gasteiger charge is -2.20. The van der Waals surface area contributed by atoms with E-state index in [1.807, 2.05) is 6.07 Å². The zero-order chi connectivity index (χ0) is 29.5. The normalized spacial score (nSPS) is 13.1. The molecule has 12 nitrogen and oxygen atoms in total. The van der Waals surface area contributed by atoms with E-state index < -0.39 is 4.92 Å². The van der Waals surface area contributed by atoms with E-state index in [9.17, 15) is 10.1 Å². The second-order valence-electron chi connectivity index (χ2n) is 9.55. The van der Waals surface area contributed by atoms with Gasteiger partial charge in [0.2, 0.25) is 5.95 Å². The monoisotopic (exact) mass is 609 g/mol. The van der Waals surface area contributed by atoms with Gasteiger partial charge in [0, 0.05) is 72.1 Å². The van der Waals surface area contributed by atoms with Crippen molar-refractivity contribution in [1.29, 1.82) is 0 Å². The molecule has 1 saturated heterocycles. The number of rotatable bonds is 8. The highest BCUT2D eigenvalue weighted by Gasteiger charge is 2.26. The van der Waals surface area contributed by atoms with E-state index in [1.54, 1.807) is 41.2 Å². The maximum atomic E-state index is 12.1. The average molecular weight is 610 g/mol. The van der Waals surface area contributed by atoms with Crippen LogP contribution in [0.3, 0.4) is 0 Å². The molecule has 216 valence electrons. The van der Waals surface area contributed by atoms with E-state index in [0.717, 1.165) is 31.6 Å². The Balaban J connectivity index is 1.48. The molecular weight excluding hydrogens is 585 g/mol. The summed E-state index contributed by atoms with van der Waals surface area (Å²) in [6.07, 6.45) is 7.04. The summed E-state index contributed by atoms with van der Waals surface area (Å²) in [5.74, 6) is 1.23. The number of imidazole rings is 1. The summed E-state index contributed by atoms with van der Waals surface area (Å²) >= 11 is 13.4. The number of nitrogens with one attached hydrogen (secondary N) is 1. The Morgan fingerprint density at radius 1 is 0.929 bits per heavy atom. The van der Waals surface area contributed by atoms with Gasteiger partial charge in [-0.1, -0.05) is 23.2 Å². The number of fused-ring (bicyclic) bond motifs is 3. The number of anilines is 3. The first-order valence-corrected chi connectivity index (χ1v) is 13.7. The number of ether oxygens (including phenoxy) is 3. The number of nitro groups is 1. The van der Waals surface area contributed by atoms with Crippen LogP contribution in [0, 0.1) is 10.1 Å². The largest absolute Gasteiger partial charge is 0.495 e. The zero-order valence-electron chi connectivity index (χ0n) is 22.9. The van der Waals surface area contributed by atoms with Crippen molar-refractivity contribution < 1.29 is 19.1 Å². The molecule has 0 amide bonds. The second kappa shape index (κ2) is 11.0. The van der Waals surface area contributed by atoms with Crippen LogP contribution in [0.15, 0.2) is 42.9 Å². The Morgan fingerprint density at radius 2 is 1.62 bits per heavy atom. The summed E-state index contributed by atoms with van der Waals surface area (Å²) in [5, 5.41) is 16.4. The molecule has 0 aliphatic carbocycles. The number of halogens is 2. The van der Waals surface area contributed by atoms with Crippen LogP contribution in [0.5, 0.6) is 17.2 Å². The van der Waals surface area contributed by atoms with Crippen LogP contribution < -0.4 is 24.4 Å². The SMILES string of the molecule is COc1cc(OC)c(Cl)c(-c2cc3cnc(Nc4c(OC)cc(N5CCCC5)cc4[N+](=O)[O-])nc3n3ccnc23)c1Cl. The number of methoxy groups -OCH3 is 3. The van der Waals surface area contributed by atoms with Gasteiger partial charge in [0.25, 0.3) is 5.69 Å². The number of nitro benzene ring substituents is 1.